The third-order valence-corrected chi connectivity index (χ3v) is 2.19. The van der Waals surface area contributed by atoms with Gasteiger partial charge in [-0.05, 0) is 6.42 Å². The van der Waals surface area contributed by atoms with Crippen molar-refractivity contribution in [1.82, 2.24) is 20.1 Å². The number of aromatic nitrogens is 3. The highest BCUT2D eigenvalue weighted by Gasteiger charge is 2.10. The molecule has 1 rings (SSSR count). The Balaban J connectivity index is 2.47. The van der Waals surface area contributed by atoms with Crippen LogP contribution in [0.4, 0.5) is 0 Å². The highest BCUT2D eigenvalue weighted by atomic mass is 15.3. The van der Waals surface area contributed by atoms with Crippen LogP contribution < -0.4 is 5.32 Å². The van der Waals surface area contributed by atoms with Crippen LogP contribution in [0.25, 0.3) is 0 Å². The van der Waals surface area contributed by atoms with E-state index in [0.717, 1.165) is 13.0 Å². The number of rotatable bonds is 6. The molecule has 4 heteroatoms. The standard InChI is InChI=1S/C10H20N4/c1-4-5-10(6-12-9(2)3)14-8-11-7-13-14/h7-10,12H,4-6H2,1-3H3. The predicted molar refractivity (Wildman–Crippen MR) is 57.1 cm³/mol. The van der Waals surface area contributed by atoms with Gasteiger partial charge in [-0.3, -0.25) is 0 Å². The predicted octanol–water partition coefficient (Wildman–Crippen LogP) is 1.62. The minimum Gasteiger partial charge on any atom is -0.312 e. The molecular weight excluding hydrogens is 176 g/mol. The Bertz CT molecular complexity index is 230. The van der Waals surface area contributed by atoms with Crippen molar-refractivity contribution in [2.45, 2.75) is 45.7 Å². The lowest BCUT2D eigenvalue weighted by molar-refractivity contribution is 0.381. The second-order valence-electron chi connectivity index (χ2n) is 3.88. The highest BCUT2D eigenvalue weighted by molar-refractivity contribution is 4.71. The Hall–Kier alpha value is -0.900. The van der Waals surface area contributed by atoms with Crippen LogP contribution in [0.3, 0.4) is 0 Å². The third-order valence-electron chi connectivity index (χ3n) is 2.19. The summed E-state index contributed by atoms with van der Waals surface area (Å²) in [7, 11) is 0. The number of nitrogens with one attached hydrogen (secondary N) is 1. The molecule has 0 spiro atoms. The lowest BCUT2D eigenvalue weighted by atomic mass is 10.1. The van der Waals surface area contributed by atoms with Gasteiger partial charge in [-0.25, -0.2) is 9.67 Å². The van der Waals surface area contributed by atoms with E-state index < -0.39 is 0 Å². The highest BCUT2D eigenvalue weighted by Crippen LogP contribution is 2.10. The van der Waals surface area contributed by atoms with Crippen molar-refractivity contribution < 1.29 is 0 Å². The van der Waals surface area contributed by atoms with Crippen molar-refractivity contribution in [2.75, 3.05) is 6.54 Å². The molecule has 0 aromatic carbocycles. The molecule has 1 unspecified atom stereocenters. The maximum atomic E-state index is 4.18. The van der Waals surface area contributed by atoms with E-state index in [0.29, 0.717) is 12.1 Å². The minimum atomic E-state index is 0.435. The van der Waals surface area contributed by atoms with E-state index in [-0.39, 0.29) is 0 Å². The molecule has 0 amide bonds. The van der Waals surface area contributed by atoms with Crippen molar-refractivity contribution in [2.24, 2.45) is 0 Å². The van der Waals surface area contributed by atoms with Gasteiger partial charge in [0.15, 0.2) is 0 Å². The Kier molecular flexibility index (Phi) is 4.59. The van der Waals surface area contributed by atoms with Gasteiger partial charge in [0.2, 0.25) is 0 Å². The van der Waals surface area contributed by atoms with Gasteiger partial charge in [0, 0.05) is 12.6 Å². The van der Waals surface area contributed by atoms with Gasteiger partial charge >= 0.3 is 0 Å². The summed E-state index contributed by atoms with van der Waals surface area (Å²) in [4.78, 5) is 3.98. The van der Waals surface area contributed by atoms with Crippen LogP contribution in [0, 0.1) is 0 Å². The van der Waals surface area contributed by atoms with Crippen LogP contribution in [-0.4, -0.2) is 27.4 Å². The van der Waals surface area contributed by atoms with E-state index in [9.17, 15) is 0 Å². The molecule has 1 aromatic heterocycles. The summed E-state index contributed by atoms with van der Waals surface area (Å²) in [6.45, 7) is 7.48. The minimum absolute atomic E-state index is 0.435. The molecule has 0 fully saturated rings. The van der Waals surface area contributed by atoms with Gasteiger partial charge in [-0.1, -0.05) is 27.2 Å². The molecule has 14 heavy (non-hydrogen) atoms. The number of nitrogens with zero attached hydrogens (tertiary/aromatic N) is 3. The first kappa shape index (κ1) is 11.2. The average molecular weight is 196 g/mol. The molecule has 0 aliphatic heterocycles. The Morgan fingerprint density at radius 3 is 2.71 bits per heavy atom. The largest absolute Gasteiger partial charge is 0.312 e. The summed E-state index contributed by atoms with van der Waals surface area (Å²) in [6.07, 6.45) is 5.70. The Morgan fingerprint density at radius 1 is 1.43 bits per heavy atom. The second-order valence-corrected chi connectivity index (χ2v) is 3.88. The zero-order valence-corrected chi connectivity index (χ0v) is 9.27. The van der Waals surface area contributed by atoms with Gasteiger partial charge in [0.25, 0.3) is 0 Å². The normalized spacial score (nSPS) is 13.4. The van der Waals surface area contributed by atoms with Crippen molar-refractivity contribution in [3.05, 3.63) is 12.7 Å². The van der Waals surface area contributed by atoms with E-state index in [1.54, 1.807) is 12.7 Å². The fraction of sp³-hybridized carbons (Fsp3) is 0.800. The van der Waals surface area contributed by atoms with Crippen LogP contribution in [0.5, 0.6) is 0 Å². The number of hydrogen-bond acceptors (Lipinski definition) is 3. The van der Waals surface area contributed by atoms with E-state index in [1.165, 1.54) is 6.42 Å². The van der Waals surface area contributed by atoms with Gasteiger partial charge in [-0.15, -0.1) is 0 Å². The van der Waals surface area contributed by atoms with Crippen molar-refractivity contribution in [1.29, 1.82) is 0 Å². The second kappa shape index (κ2) is 5.75. The molecule has 1 aromatic rings. The molecular formula is C10H20N4. The Morgan fingerprint density at radius 2 is 2.21 bits per heavy atom. The zero-order chi connectivity index (χ0) is 10.4. The van der Waals surface area contributed by atoms with Crippen LogP contribution in [0.2, 0.25) is 0 Å². The maximum Gasteiger partial charge on any atom is 0.137 e. The molecule has 0 saturated heterocycles. The summed E-state index contributed by atoms with van der Waals surface area (Å²) in [5.74, 6) is 0. The SMILES string of the molecule is CCCC(CNC(C)C)n1cncn1. The van der Waals surface area contributed by atoms with Crippen LogP contribution >= 0.6 is 0 Å². The maximum absolute atomic E-state index is 4.18. The monoisotopic (exact) mass is 196 g/mol. The van der Waals surface area contributed by atoms with Crippen LogP contribution in [0.15, 0.2) is 12.7 Å². The average Bonchev–Trinajstić information content (AvgIpc) is 2.64. The smallest absolute Gasteiger partial charge is 0.137 e. The molecule has 1 N–H and O–H groups in total. The fourth-order valence-corrected chi connectivity index (χ4v) is 1.44. The van der Waals surface area contributed by atoms with Crippen molar-refractivity contribution >= 4 is 0 Å². The van der Waals surface area contributed by atoms with Crippen molar-refractivity contribution in [3.63, 3.8) is 0 Å². The molecule has 0 saturated carbocycles. The Labute approximate surface area is 85.7 Å². The summed E-state index contributed by atoms with van der Waals surface area (Å²) in [5, 5.41) is 7.61. The summed E-state index contributed by atoms with van der Waals surface area (Å²) in [6, 6.07) is 0.961. The van der Waals surface area contributed by atoms with E-state index in [1.807, 2.05) is 4.68 Å². The van der Waals surface area contributed by atoms with Gasteiger partial charge < -0.3 is 5.32 Å². The molecule has 80 valence electrons. The quantitative estimate of drug-likeness (QED) is 0.751. The molecule has 4 nitrogen and oxygen atoms in total. The van der Waals surface area contributed by atoms with E-state index in [2.05, 4.69) is 36.2 Å². The van der Waals surface area contributed by atoms with Crippen LogP contribution in [0.1, 0.15) is 39.7 Å². The van der Waals surface area contributed by atoms with Gasteiger partial charge in [-0.2, -0.15) is 5.10 Å². The zero-order valence-electron chi connectivity index (χ0n) is 9.27. The van der Waals surface area contributed by atoms with Gasteiger partial charge in [0.05, 0.1) is 6.04 Å². The first-order valence-electron chi connectivity index (χ1n) is 5.31. The molecule has 0 radical (unpaired) electrons. The van der Waals surface area contributed by atoms with Crippen molar-refractivity contribution in [3.8, 4) is 0 Å². The molecule has 1 heterocycles. The first-order chi connectivity index (χ1) is 6.74. The third kappa shape index (κ3) is 3.46. The first-order valence-corrected chi connectivity index (χ1v) is 5.31. The summed E-state index contributed by atoms with van der Waals surface area (Å²) < 4.78 is 1.94. The molecule has 0 aliphatic carbocycles. The van der Waals surface area contributed by atoms with E-state index in [4.69, 9.17) is 0 Å². The molecule has 0 aliphatic rings. The lowest BCUT2D eigenvalue weighted by Crippen LogP contribution is -2.30. The topological polar surface area (TPSA) is 42.7 Å². The summed E-state index contributed by atoms with van der Waals surface area (Å²) in [5.41, 5.74) is 0. The van der Waals surface area contributed by atoms with Crippen LogP contribution in [-0.2, 0) is 0 Å². The summed E-state index contributed by atoms with van der Waals surface area (Å²) >= 11 is 0. The molecule has 0 bridgehead atoms. The molecule has 1 atom stereocenters. The number of hydrogen-bond donors (Lipinski definition) is 1. The van der Waals surface area contributed by atoms with E-state index >= 15 is 0 Å². The lowest BCUT2D eigenvalue weighted by Gasteiger charge is -2.18. The fourth-order valence-electron chi connectivity index (χ4n) is 1.44. The van der Waals surface area contributed by atoms with Gasteiger partial charge in [0.1, 0.15) is 12.7 Å².